The molecule has 20 heavy (non-hydrogen) atoms. The average Bonchev–Trinajstić information content (AvgIpc) is 2.54. The summed E-state index contributed by atoms with van der Waals surface area (Å²) in [6, 6.07) is 0. The minimum atomic E-state index is -4.32. The SMILES string of the molecule is Cc1c([B]OC(C)(C)C(C)(C)O)cnn1CC(F)(F)F. The van der Waals surface area contributed by atoms with Crippen molar-refractivity contribution in [2.75, 3.05) is 0 Å². The largest absolute Gasteiger partial charge is 0.426 e. The summed E-state index contributed by atoms with van der Waals surface area (Å²) in [7, 11) is 1.33. The van der Waals surface area contributed by atoms with E-state index in [-0.39, 0.29) is 0 Å². The molecular weight excluding hydrogens is 272 g/mol. The Balaban J connectivity index is 2.76. The van der Waals surface area contributed by atoms with Crippen LogP contribution < -0.4 is 5.46 Å². The molecule has 1 rings (SSSR count). The molecule has 8 heteroatoms. The van der Waals surface area contributed by atoms with Crippen molar-refractivity contribution < 1.29 is 22.9 Å². The minimum absolute atomic E-state index is 0.355. The molecule has 1 aromatic rings. The van der Waals surface area contributed by atoms with Crippen LogP contribution in [0.2, 0.25) is 0 Å². The third kappa shape index (κ3) is 4.24. The fourth-order valence-electron chi connectivity index (χ4n) is 1.26. The number of hydrogen-bond acceptors (Lipinski definition) is 3. The predicted octanol–water partition coefficient (Wildman–Crippen LogP) is 1.56. The highest BCUT2D eigenvalue weighted by molar-refractivity contribution is 6.47. The van der Waals surface area contributed by atoms with Gasteiger partial charge in [-0.25, -0.2) is 0 Å². The average molecular weight is 291 g/mol. The molecular formula is C12H19BF3N2O2. The summed E-state index contributed by atoms with van der Waals surface area (Å²) >= 11 is 0. The number of aromatic nitrogens is 2. The fourth-order valence-corrected chi connectivity index (χ4v) is 1.26. The maximum atomic E-state index is 12.3. The van der Waals surface area contributed by atoms with Gasteiger partial charge in [0.1, 0.15) is 6.54 Å². The van der Waals surface area contributed by atoms with Crippen LogP contribution in [0.25, 0.3) is 0 Å². The zero-order chi connectivity index (χ0) is 15.8. The van der Waals surface area contributed by atoms with E-state index < -0.39 is 23.9 Å². The van der Waals surface area contributed by atoms with Crippen molar-refractivity contribution in [2.45, 2.75) is 58.5 Å². The molecule has 0 aliphatic carbocycles. The number of nitrogens with zero attached hydrogens (tertiary/aromatic N) is 2. The van der Waals surface area contributed by atoms with Crippen LogP contribution in [0.1, 0.15) is 33.4 Å². The molecule has 1 aromatic heterocycles. The third-order valence-electron chi connectivity index (χ3n) is 3.42. The van der Waals surface area contributed by atoms with E-state index in [9.17, 15) is 18.3 Å². The van der Waals surface area contributed by atoms with E-state index in [1.807, 2.05) is 0 Å². The molecule has 0 aliphatic rings. The first-order valence-corrected chi connectivity index (χ1v) is 6.16. The zero-order valence-corrected chi connectivity index (χ0v) is 12.2. The molecule has 4 nitrogen and oxygen atoms in total. The molecule has 0 saturated heterocycles. The number of alkyl halides is 3. The fraction of sp³-hybridized carbons (Fsp3) is 0.750. The molecule has 0 saturated carbocycles. The minimum Gasteiger partial charge on any atom is -0.426 e. The van der Waals surface area contributed by atoms with Gasteiger partial charge in [-0.2, -0.15) is 18.3 Å². The topological polar surface area (TPSA) is 47.3 Å². The van der Waals surface area contributed by atoms with Crippen molar-refractivity contribution in [1.82, 2.24) is 9.78 Å². The van der Waals surface area contributed by atoms with Crippen molar-refractivity contribution in [3.8, 4) is 0 Å². The lowest BCUT2D eigenvalue weighted by atomic mass is 9.83. The van der Waals surface area contributed by atoms with Gasteiger partial charge in [-0.1, -0.05) is 0 Å². The molecule has 0 bridgehead atoms. The summed E-state index contributed by atoms with van der Waals surface area (Å²) in [6.45, 7) is 6.98. The molecule has 113 valence electrons. The number of aliphatic hydroxyl groups is 1. The van der Waals surface area contributed by atoms with Gasteiger partial charge in [0.25, 0.3) is 0 Å². The van der Waals surface area contributed by atoms with Crippen molar-refractivity contribution in [1.29, 1.82) is 0 Å². The molecule has 1 radical (unpaired) electrons. The third-order valence-corrected chi connectivity index (χ3v) is 3.42. The molecule has 0 spiro atoms. The summed E-state index contributed by atoms with van der Waals surface area (Å²) in [4.78, 5) is 0. The first kappa shape index (κ1) is 17.0. The molecule has 0 fully saturated rings. The van der Waals surface area contributed by atoms with Gasteiger partial charge in [0.2, 0.25) is 0 Å². The Bertz CT molecular complexity index is 464. The van der Waals surface area contributed by atoms with Crippen molar-refractivity contribution in [3.63, 3.8) is 0 Å². The van der Waals surface area contributed by atoms with Crippen LogP contribution in [-0.4, -0.2) is 39.7 Å². The highest BCUT2D eigenvalue weighted by Gasteiger charge is 2.36. The van der Waals surface area contributed by atoms with E-state index in [2.05, 4.69) is 5.10 Å². The second kappa shape index (κ2) is 5.40. The van der Waals surface area contributed by atoms with Crippen molar-refractivity contribution in [3.05, 3.63) is 11.9 Å². The van der Waals surface area contributed by atoms with Crippen LogP contribution >= 0.6 is 0 Å². The van der Waals surface area contributed by atoms with Crippen molar-refractivity contribution >= 4 is 12.9 Å². The Morgan fingerprint density at radius 1 is 1.30 bits per heavy atom. The second-order valence-electron chi connectivity index (χ2n) is 5.76. The molecule has 0 amide bonds. The Morgan fingerprint density at radius 2 is 1.85 bits per heavy atom. The lowest BCUT2D eigenvalue weighted by molar-refractivity contribution is -0.142. The Labute approximate surface area is 117 Å². The molecule has 0 aliphatic heterocycles. The Kier molecular flexibility index (Phi) is 4.60. The first-order chi connectivity index (χ1) is 8.83. The zero-order valence-electron chi connectivity index (χ0n) is 12.2. The standard InChI is InChI=1S/C12H19BF3N2O2/c1-8-9(6-17-18(8)7-12(14,15)16)13-20-11(4,5)10(2,3)19/h6,19H,7H2,1-5H3. The van der Waals surface area contributed by atoms with Gasteiger partial charge >= 0.3 is 13.7 Å². The van der Waals surface area contributed by atoms with E-state index >= 15 is 0 Å². The molecule has 1 N–H and O–H groups in total. The number of hydrogen-bond donors (Lipinski definition) is 1. The summed E-state index contributed by atoms with van der Waals surface area (Å²) in [5.74, 6) is 0. The summed E-state index contributed by atoms with van der Waals surface area (Å²) in [6.07, 6.45) is -3.01. The van der Waals surface area contributed by atoms with Gasteiger partial charge in [0.05, 0.1) is 11.2 Å². The molecule has 0 unspecified atom stereocenters. The maximum absolute atomic E-state index is 12.3. The Morgan fingerprint density at radius 3 is 2.30 bits per heavy atom. The van der Waals surface area contributed by atoms with Crippen LogP contribution in [0.15, 0.2) is 6.20 Å². The Hall–Kier alpha value is -1.02. The van der Waals surface area contributed by atoms with Gasteiger partial charge in [-0.15, -0.1) is 0 Å². The van der Waals surface area contributed by atoms with Crippen LogP contribution in [-0.2, 0) is 11.2 Å². The maximum Gasteiger partial charge on any atom is 0.408 e. The van der Waals surface area contributed by atoms with Gasteiger partial charge in [-0.05, 0) is 40.1 Å². The number of halogens is 3. The lowest BCUT2D eigenvalue weighted by Gasteiger charge is -2.37. The van der Waals surface area contributed by atoms with Crippen LogP contribution in [0.5, 0.6) is 0 Å². The second-order valence-corrected chi connectivity index (χ2v) is 5.76. The van der Waals surface area contributed by atoms with Crippen LogP contribution in [0.4, 0.5) is 13.2 Å². The quantitative estimate of drug-likeness (QED) is 0.838. The van der Waals surface area contributed by atoms with E-state index in [0.29, 0.717) is 11.2 Å². The summed E-state index contributed by atoms with van der Waals surface area (Å²) < 4.78 is 43.3. The molecule has 1 heterocycles. The van der Waals surface area contributed by atoms with Gasteiger partial charge < -0.3 is 9.76 Å². The molecule has 0 atom stereocenters. The van der Waals surface area contributed by atoms with E-state index in [4.69, 9.17) is 4.65 Å². The van der Waals surface area contributed by atoms with Gasteiger partial charge in [-0.3, -0.25) is 4.68 Å². The highest BCUT2D eigenvalue weighted by atomic mass is 19.4. The van der Waals surface area contributed by atoms with Gasteiger partial charge in [0.15, 0.2) is 0 Å². The monoisotopic (exact) mass is 291 g/mol. The molecule has 0 aromatic carbocycles. The summed E-state index contributed by atoms with van der Waals surface area (Å²) in [5, 5.41) is 13.6. The summed E-state index contributed by atoms with van der Waals surface area (Å²) in [5.41, 5.74) is -1.18. The van der Waals surface area contributed by atoms with Crippen LogP contribution in [0, 0.1) is 6.92 Å². The van der Waals surface area contributed by atoms with Gasteiger partial charge in [0, 0.05) is 11.9 Å². The van der Waals surface area contributed by atoms with Crippen molar-refractivity contribution in [2.24, 2.45) is 0 Å². The predicted molar refractivity (Wildman–Crippen MR) is 69.9 cm³/mol. The van der Waals surface area contributed by atoms with E-state index in [1.54, 1.807) is 27.7 Å². The lowest BCUT2D eigenvalue weighted by Crippen LogP contribution is -2.49. The van der Waals surface area contributed by atoms with Crippen LogP contribution in [0.3, 0.4) is 0 Å². The first-order valence-electron chi connectivity index (χ1n) is 6.16. The smallest absolute Gasteiger partial charge is 0.408 e. The highest BCUT2D eigenvalue weighted by Crippen LogP contribution is 2.24. The van der Waals surface area contributed by atoms with E-state index in [0.717, 1.165) is 4.68 Å². The number of rotatable bonds is 5. The van der Waals surface area contributed by atoms with E-state index in [1.165, 1.54) is 20.6 Å². The normalized spacial score (nSPS) is 13.7.